The van der Waals surface area contributed by atoms with Gasteiger partial charge >= 0.3 is 0 Å². The van der Waals surface area contributed by atoms with Crippen LogP contribution in [0.5, 0.6) is 5.75 Å². The lowest BCUT2D eigenvalue weighted by atomic mass is 10.1. The maximum Gasteiger partial charge on any atom is 0.271 e. The second-order valence-corrected chi connectivity index (χ2v) is 6.58. The number of carbonyl (C=O) groups excluding carboxylic acids is 1. The predicted molar refractivity (Wildman–Crippen MR) is 97.4 cm³/mol. The van der Waals surface area contributed by atoms with E-state index in [0.29, 0.717) is 31.1 Å². The molecule has 1 aromatic carbocycles. The van der Waals surface area contributed by atoms with Crippen molar-refractivity contribution >= 4 is 11.6 Å². The first-order valence-corrected chi connectivity index (χ1v) is 8.86. The number of hydrogen-bond donors (Lipinski definition) is 1. The molecule has 4 rings (SSSR count). The number of rotatable bonds is 4. The molecule has 2 aromatic heterocycles. The Hall–Kier alpha value is -2.93. The first kappa shape index (κ1) is 17.5. The molecule has 140 valence electrons. The normalized spacial score (nSPS) is 19.8. The van der Waals surface area contributed by atoms with Crippen LogP contribution in [-0.4, -0.2) is 40.7 Å². The Morgan fingerprint density at radius 3 is 3.00 bits per heavy atom. The fourth-order valence-electron chi connectivity index (χ4n) is 3.21. The lowest BCUT2D eigenvalue weighted by Crippen LogP contribution is -2.51. The predicted octanol–water partition coefficient (Wildman–Crippen LogP) is 2.75. The third-order valence-electron chi connectivity index (χ3n) is 4.63. The molecule has 0 spiro atoms. The molecule has 2 atom stereocenters. The van der Waals surface area contributed by atoms with Crippen molar-refractivity contribution in [1.29, 1.82) is 0 Å². The second-order valence-electron chi connectivity index (χ2n) is 6.58. The first-order valence-electron chi connectivity index (χ1n) is 8.86. The molecule has 1 aliphatic heterocycles. The topological polar surface area (TPSA) is 64.9 Å². The molecular weight excluding hydrogens is 349 g/mol. The third-order valence-corrected chi connectivity index (χ3v) is 4.63. The van der Waals surface area contributed by atoms with E-state index in [4.69, 9.17) is 9.47 Å². The summed E-state index contributed by atoms with van der Waals surface area (Å²) in [6, 6.07) is 11.4. The number of nitrogens with one attached hydrogen (secondary N) is 1. The summed E-state index contributed by atoms with van der Waals surface area (Å²) in [5.74, 6) is -0.226. The standard InChI is InChI=1S/C20H20FN3O3/c1-13-4-2-7-19-22-17(11-24(13)19)20(25)23-16-8-9-26-12-18(16)27-15-6-3-5-14(21)10-15/h2-7,10-11,16,18H,8-9,12H2,1H3,(H,23,25)/t16-,18-/m1/s1. The van der Waals surface area contributed by atoms with Crippen molar-refractivity contribution in [3.63, 3.8) is 0 Å². The van der Waals surface area contributed by atoms with Gasteiger partial charge in [0.1, 0.15) is 29.0 Å². The molecule has 0 aliphatic carbocycles. The Balaban J connectivity index is 1.50. The number of aromatic nitrogens is 2. The zero-order chi connectivity index (χ0) is 18.8. The van der Waals surface area contributed by atoms with Crippen LogP contribution < -0.4 is 10.1 Å². The van der Waals surface area contributed by atoms with E-state index in [0.717, 1.165) is 11.3 Å². The minimum absolute atomic E-state index is 0.250. The fraction of sp³-hybridized carbons (Fsp3) is 0.300. The summed E-state index contributed by atoms with van der Waals surface area (Å²) in [7, 11) is 0. The fourth-order valence-corrected chi connectivity index (χ4v) is 3.21. The van der Waals surface area contributed by atoms with E-state index in [9.17, 15) is 9.18 Å². The van der Waals surface area contributed by atoms with Crippen LogP contribution in [0.2, 0.25) is 0 Å². The molecule has 3 aromatic rings. The number of ether oxygens (including phenoxy) is 2. The summed E-state index contributed by atoms with van der Waals surface area (Å²) in [4.78, 5) is 17.1. The van der Waals surface area contributed by atoms with Crippen LogP contribution in [0, 0.1) is 12.7 Å². The van der Waals surface area contributed by atoms with Crippen molar-refractivity contribution in [1.82, 2.24) is 14.7 Å². The average Bonchev–Trinajstić information content (AvgIpc) is 3.09. The van der Waals surface area contributed by atoms with Crippen LogP contribution in [0.4, 0.5) is 4.39 Å². The number of aryl methyl sites for hydroxylation is 1. The van der Waals surface area contributed by atoms with Crippen LogP contribution in [0.15, 0.2) is 48.7 Å². The lowest BCUT2D eigenvalue weighted by Gasteiger charge is -2.32. The van der Waals surface area contributed by atoms with Crippen LogP contribution in [0.3, 0.4) is 0 Å². The van der Waals surface area contributed by atoms with Crippen molar-refractivity contribution in [3.05, 3.63) is 65.9 Å². The van der Waals surface area contributed by atoms with E-state index >= 15 is 0 Å². The molecule has 6 nitrogen and oxygen atoms in total. The van der Waals surface area contributed by atoms with Gasteiger partial charge in [-0.2, -0.15) is 0 Å². The molecule has 27 heavy (non-hydrogen) atoms. The summed E-state index contributed by atoms with van der Waals surface area (Å²) in [6.07, 6.45) is 1.93. The smallest absolute Gasteiger partial charge is 0.271 e. The number of pyridine rings is 1. The minimum Gasteiger partial charge on any atom is -0.486 e. The van der Waals surface area contributed by atoms with Gasteiger partial charge in [0.05, 0.1) is 12.6 Å². The highest BCUT2D eigenvalue weighted by atomic mass is 19.1. The molecule has 0 radical (unpaired) electrons. The van der Waals surface area contributed by atoms with Gasteiger partial charge in [-0.25, -0.2) is 9.37 Å². The van der Waals surface area contributed by atoms with Crippen molar-refractivity contribution < 1.29 is 18.7 Å². The van der Waals surface area contributed by atoms with Crippen LogP contribution in [-0.2, 0) is 4.74 Å². The number of benzene rings is 1. The van der Waals surface area contributed by atoms with Gasteiger partial charge in [0.15, 0.2) is 0 Å². The van der Waals surface area contributed by atoms with Gasteiger partial charge in [-0.05, 0) is 37.6 Å². The Kier molecular flexibility index (Phi) is 4.77. The van der Waals surface area contributed by atoms with E-state index < -0.39 is 6.10 Å². The van der Waals surface area contributed by atoms with Crippen LogP contribution >= 0.6 is 0 Å². The van der Waals surface area contributed by atoms with Crippen LogP contribution in [0.25, 0.3) is 5.65 Å². The molecular formula is C20H20FN3O3. The summed E-state index contributed by atoms with van der Waals surface area (Å²) < 4.78 is 26.6. The van der Waals surface area contributed by atoms with Crippen molar-refractivity contribution in [3.8, 4) is 5.75 Å². The SMILES string of the molecule is Cc1cccc2nc(C(=O)N[C@@H]3CCOC[C@H]3Oc3cccc(F)c3)cn12. The molecule has 1 aliphatic rings. The number of carbonyl (C=O) groups is 1. The number of halogens is 1. The van der Waals surface area contributed by atoms with Gasteiger partial charge in [0.2, 0.25) is 0 Å². The molecule has 0 bridgehead atoms. The highest BCUT2D eigenvalue weighted by molar-refractivity contribution is 5.93. The van der Waals surface area contributed by atoms with E-state index in [2.05, 4.69) is 10.3 Å². The van der Waals surface area contributed by atoms with Gasteiger partial charge in [-0.3, -0.25) is 4.79 Å². The summed E-state index contributed by atoms with van der Waals surface area (Å²) in [5.41, 5.74) is 2.07. The Labute approximate surface area is 155 Å². The Bertz CT molecular complexity index is 972. The molecule has 1 N–H and O–H groups in total. The van der Waals surface area contributed by atoms with E-state index in [-0.39, 0.29) is 17.8 Å². The summed E-state index contributed by atoms with van der Waals surface area (Å²) in [5, 5.41) is 2.99. The molecule has 1 fully saturated rings. The van der Waals surface area contributed by atoms with Gasteiger partial charge in [0, 0.05) is 24.6 Å². The summed E-state index contributed by atoms with van der Waals surface area (Å²) in [6.45, 7) is 2.81. The van der Waals surface area contributed by atoms with Gasteiger partial charge in [0.25, 0.3) is 5.91 Å². The molecule has 7 heteroatoms. The number of imidazole rings is 1. The minimum atomic E-state index is -0.400. The number of hydrogen-bond acceptors (Lipinski definition) is 4. The molecule has 0 unspecified atom stereocenters. The first-order chi connectivity index (χ1) is 13.1. The lowest BCUT2D eigenvalue weighted by molar-refractivity contribution is -0.0136. The molecule has 0 saturated carbocycles. The zero-order valence-corrected chi connectivity index (χ0v) is 14.9. The Morgan fingerprint density at radius 1 is 1.33 bits per heavy atom. The van der Waals surface area contributed by atoms with Crippen molar-refractivity contribution in [2.24, 2.45) is 0 Å². The monoisotopic (exact) mass is 369 g/mol. The molecule has 1 amide bonds. The highest BCUT2D eigenvalue weighted by Crippen LogP contribution is 2.19. The van der Waals surface area contributed by atoms with E-state index in [1.807, 2.05) is 29.5 Å². The zero-order valence-electron chi connectivity index (χ0n) is 14.9. The van der Waals surface area contributed by atoms with Gasteiger partial charge in [-0.1, -0.05) is 12.1 Å². The largest absolute Gasteiger partial charge is 0.486 e. The quantitative estimate of drug-likeness (QED) is 0.768. The molecule has 1 saturated heterocycles. The molecule has 3 heterocycles. The van der Waals surface area contributed by atoms with Crippen molar-refractivity contribution in [2.45, 2.75) is 25.5 Å². The van der Waals surface area contributed by atoms with Gasteiger partial charge < -0.3 is 19.2 Å². The number of fused-ring (bicyclic) bond motifs is 1. The van der Waals surface area contributed by atoms with E-state index in [1.54, 1.807) is 18.3 Å². The van der Waals surface area contributed by atoms with Crippen LogP contribution in [0.1, 0.15) is 22.6 Å². The maximum absolute atomic E-state index is 13.4. The number of nitrogens with zero attached hydrogens (tertiary/aromatic N) is 2. The highest BCUT2D eigenvalue weighted by Gasteiger charge is 2.30. The van der Waals surface area contributed by atoms with Crippen molar-refractivity contribution in [2.75, 3.05) is 13.2 Å². The van der Waals surface area contributed by atoms with E-state index in [1.165, 1.54) is 12.1 Å². The number of amides is 1. The van der Waals surface area contributed by atoms with Gasteiger partial charge in [-0.15, -0.1) is 0 Å². The third kappa shape index (κ3) is 3.78. The Morgan fingerprint density at radius 2 is 2.19 bits per heavy atom. The average molecular weight is 369 g/mol. The second kappa shape index (κ2) is 7.36. The summed E-state index contributed by atoms with van der Waals surface area (Å²) >= 11 is 0. The maximum atomic E-state index is 13.4.